The number of halogens is 1. The largest absolute Gasteiger partial charge is 0.496 e. The Morgan fingerprint density at radius 1 is 1.47 bits per heavy atom. The van der Waals surface area contributed by atoms with Crippen LogP contribution in [-0.4, -0.2) is 13.7 Å². The van der Waals surface area contributed by atoms with Crippen molar-refractivity contribution in [3.63, 3.8) is 0 Å². The first-order valence-corrected chi connectivity index (χ1v) is 6.09. The van der Waals surface area contributed by atoms with E-state index < -0.39 is 0 Å². The van der Waals surface area contributed by atoms with Crippen LogP contribution >= 0.6 is 15.9 Å². The Morgan fingerprint density at radius 2 is 2.27 bits per heavy atom. The second kappa shape index (κ2) is 4.54. The molecule has 1 fully saturated rings. The van der Waals surface area contributed by atoms with E-state index in [1.54, 1.807) is 7.11 Å². The molecule has 1 aromatic rings. The van der Waals surface area contributed by atoms with Gasteiger partial charge in [0.15, 0.2) is 0 Å². The molecule has 2 nitrogen and oxygen atoms in total. The van der Waals surface area contributed by atoms with Crippen LogP contribution in [0.4, 0.5) is 0 Å². The van der Waals surface area contributed by atoms with Gasteiger partial charge in [-0.1, -0.05) is 6.07 Å². The summed E-state index contributed by atoms with van der Waals surface area (Å²) >= 11 is 3.62. The summed E-state index contributed by atoms with van der Waals surface area (Å²) in [5, 5.41) is 3.51. The van der Waals surface area contributed by atoms with Crippen molar-refractivity contribution in [1.29, 1.82) is 0 Å². The van der Waals surface area contributed by atoms with E-state index in [1.807, 2.05) is 0 Å². The zero-order valence-corrected chi connectivity index (χ0v) is 10.7. The third-order valence-electron chi connectivity index (χ3n) is 2.87. The van der Waals surface area contributed by atoms with E-state index in [-0.39, 0.29) is 0 Å². The number of methoxy groups -OCH3 is 1. The molecule has 1 unspecified atom stereocenters. The summed E-state index contributed by atoms with van der Waals surface area (Å²) in [4.78, 5) is 0. The van der Waals surface area contributed by atoms with Gasteiger partial charge >= 0.3 is 0 Å². The van der Waals surface area contributed by atoms with Gasteiger partial charge in [0.25, 0.3) is 0 Å². The predicted octanol–water partition coefficient (Wildman–Crippen LogP) is 3.19. The van der Waals surface area contributed by atoms with Crippen LogP contribution in [0.25, 0.3) is 0 Å². The topological polar surface area (TPSA) is 21.3 Å². The molecule has 82 valence electrons. The minimum Gasteiger partial charge on any atom is -0.496 e. The van der Waals surface area contributed by atoms with Crippen LogP contribution in [0.3, 0.4) is 0 Å². The van der Waals surface area contributed by atoms with Crippen molar-refractivity contribution in [2.24, 2.45) is 0 Å². The molecule has 0 bridgehead atoms. The molecule has 2 rings (SSSR count). The van der Waals surface area contributed by atoms with Crippen molar-refractivity contribution in [2.45, 2.75) is 25.8 Å². The van der Waals surface area contributed by atoms with Crippen molar-refractivity contribution < 1.29 is 4.74 Å². The molecule has 0 aromatic heterocycles. The van der Waals surface area contributed by atoms with Gasteiger partial charge in [0.2, 0.25) is 0 Å². The van der Waals surface area contributed by atoms with E-state index in [2.05, 4.69) is 40.3 Å². The molecule has 1 aromatic carbocycles. The number of nitrogens with one attached hydrogen (secondary N) is 1. The fourth-order valence-electron chi connectivity index (χ4n) is 2.11. The number of aryl methyl sites for hydroxylation is 1. The zero-order chi connectivity index (χ0) is 10.8. The first-order chi connectivity index (χ1) is 7.22. The molecule has 1 aliphatic rings. The highest BCUT2D eigenvalue weighted by Gasteiger charge is 2.20. The molecule has 0 radical (unpaired) electrons. The van der Waals surface area contributed by atoms with Crippen LogP contribution in [0.5, 0.6) is 5.75 Å². The summed E-state index contributed by atoms with van der Waals surface area (Å²) < 4.78 is 6.44. The highest BCUT2D eigenvalue weighted by Crippen LogP contribution is 2.36. The maximum absolute atomic E-state index is 5.35. The average molecular weight is 270 g/mol. The summed E-state index contributed by atoms with van der Waals surface area (Å²) in [6, 6.07) is 4.77. The summed E-state index contributed by atoms with van der Waals surface area (Å²) in [7, 11) is 1.71. The molecule has 0 saturated carbocycles. The quantitative estimate of drug-likeness (QED) is 0.891. The van der Waals surface area contributed by atoms with Crippen molar-refractivity contribution >= 4 is 15.9 Å². The van der Waals surface area contributed by atoms with E-state index >= 15 is 0 Å². The molecule has 1 heterocycles. The van der Waals surface area contributed by atoms with Gasteiger partial charge in [-0.05, 0) is 59.4 Å². The Bertz CT molecular complexity index is 359. The molecule has 0 spiro atoms. The maximum atomic E-state index is 5.35. The van der Waals surface area contributed by atoms with Crippen molar-refractivity contribution in [2.75, 3.05) is 13.7 Å². The Hall–Kier alpha value is -0.540. The number of ether oxygens (including phenoxy) is 1. The summed E-state index contributed by atoms with van der Waals surface area (Å²) in [6.07, 6.45) is 2.47. The molecule has 0 amide bonds. The predicted molar refractivity (Wildman–Crippen MR) is 65.4 cm³/mol. The Labute approximate surface area is 99.1 Å². The van der Waals surface area contributed by atoms with Gasteiger partial charge < -0.3 is 10.1 Å². The van der Waals surface area contributed by atoms with Crippen LogP contribution < -0.4 is 10.1 Å². The first kappa shape index (κ1) is 11.0. The highest BCUT2D eigenvalue weighted by molar-refractivity contribution is 9.10. The molecular weight excluding hydrogens is 254 g/mol. The smallest absolute Gasteiger partial charge is 0.133 e. The molecule has 1 aliphatic heterocycles. The summed E-state index contributed by atoms with van der Waals surface area (Å²) in [6.45, 7) is 3.22. The molecule has 15 heavy (non-hydrogen) atoms. The molecule has 1 N–H and O–H groups in total. The lowest BCUT2D eigenvalue weighted by atomic mass is 10.0. The number of rotatable bonds is 2. The van der Waals surface area contributed by atoms with Crippen molar-refractivity contribution in [3.05, 3.63) is 27.7 Å². The van der Waals surface area contributed by atoms with Gasteiger partial charge in [0.05, 0.1) is 11.6 Å². The molecule has 1 saturated heterocycles. The average Bonchev–Trinajstić information content (AvgIpc) is 2.74. The summed E-state index contributed by atoms with van der Waals surface area (Å²) in [5.74, 6) is 0.929. The fourth-order valence-corrected chi connectivity index (χ4v) is 2.78. The Morgan fingerprint density at radius 3 is 2.87 bits per heavy atom. The van der Waals surface area contributed by atoms with Crippen LogP contribution in [-0.2, 0) is 0 Å². The van der Waals surface area contributed by atoms with Crippen LogP contribution in [0.1, 0.15) is 30.0 Å². The van der Waals surface area contributed by atoms with Crippen LogP contribution in [0.2, 0.25) is 0 Å². The van der Waals surface area contributed by atoms with Crippen LogP contribution in [0, 0.1) is 6.92 Å². The lowest BCUT2D eigenvalue weighted by Gasteiger charge is -2.16. The number of hydrogen-bond acceptors (Lipinski definition) is 2. The zero-order valence-electron chi connectivity index (χ0n) is 9.14. The van der Waals surface area contributed by atoms with E-state index in [9.17, 15) is 0 Å². The van der Waals surface area contributed by atoms with Gasteiger partial charge in [-0.2, -0.15) is 0 Å². The minimum atomic E-state index is 0.480. The van der Waals surface area contributed by atoms with Gasteiger partial charge in [-0.15, -0.1) is 0 Å². The SMILES string of the molecule is COc1cc(C)cc(C2CCCN2)c1Br. The molecule has 0 aliphatic carbocycles. The first-order valence-electron chi connectivity index (χ1n) is 5.30. The fraction of sp³-hybridized carbons (Fsp3) is 0.500. The van der Waals surface area contributed by atoms with Gasteiger partial charge in [-0.25, -0.2) is 0 Å². The van der Waals surface area contributed by atoms with E-state index in [4.69, 9.17) is 4.74 Å². The monoisotopic (exact) mass is 269 g/mol. The van der Waals surface area contributed by atoms with Gasteiger partial charge in [0.1, 0.15) is 5.75 Å². The third kappa shape index (κ3) is 2.18. The molecular formula is C12H16BrNO. The van der Waals surface area contributed by atoms with Gasteiger partial charge in [-0.3, -0.25) is 0 Å². The second-order valence-electron chi connectivity index (χ2n) is 4.02. The second-order valence-corrected chi connectivity index (χ2v) is 4.81. The lowest BCUT2D eigenvalue weighted by Crippen LogP contribution is -2.13. The van der Waals surface area contributed by atoms with Gasteiger partial charge in [0, 0.05) is 6.04 Å². The Balaban J connectivity index is 2.40. The van der Waals surface area contributed by atoms with E-state index in [1.165, 1.54) is 24.0 Å². The maximum Gasteiger partial charge on any atom is 0.133 e. The van der Waals surface area contributed by atoms with Crippen molar-refractivity contribution in [1.82, 2.24) is 5.32 Å². The molecule has 3 heteroatoms. The van der Waals surface area contributed by atoms with Crippen molar-refractivity contribution in [3.8, 4) is 5.75 Å². The lowest BCUT2D eigenvalue weighted by molar-refractivity contribution is 0.410. The standard InChI is InChI=1S/C12H16BrNO/c1-8-6-9(10-4-3-5-14-10)12(13)11(7-8)15-2/h6-7,10,14H,3-5H2,1-2H3. The number of benzene rings is 1. The van der Waals surface area contributed by atoms with E-state index in [0.717, 1.165) is 16.8 Å². The Kier molecular flexibility index (Phi) is 3.32. The summed E-state index contributed by atoms with van der Waals surface area (Å²) in [5.41, 5.74) is 2.57. The third-order valence-corrected chi connectivity index (χ3v) is 3.72. The number of hydrogen-bond donors (Lipinski definition) is 1. The minimum absolute atomic E-state index is 0.480. The molecule has 1 atom stereocenters. The normalized spacial score (nSPS) is 20.6. The van der Waals surface area contributed by atoms with E-state index in [0.29, 0.717) is 6.04 Å². The van der Waals surface area contributed by atoms with Crippen LogP contribution in [0.15, 0.2) is 16.6 Å². The highest BCUT2D eigenvalue weighted by atomic mass is 79.9.